The van der Waals surface area contributed by atoms with E-state index in [0.29, 0.717) is 19.0 Å². The maximum atomic E-state index is 12.1. The lowest BCUT2D eigenvalue weighted by Gasteiger charge is -2.32. The van der Waals surface area contributed by atoms with Crippen LogP contribution in [0.1, 0.15) is 38.1 Å². The number of sulfonamides is 1. The number of hydrogen-bond donors (Lipinski definition) is 0. The Balaban J connectivity index is 1.94. The molecule has 0 unspecified atom stereocenters. The van der Waals surface area contributed by atoms with Crippen LogP contribution in [0.4, 0.5) is 0 Å². The van der Waals surface area contributed by atoms with Crippen molar-refractivity contribution in [3.05, 3.63) is 17.5 Å². The van der Waals surface area contributed by atoms with E-state index in [9.17, 15) is 8.42 Å². The van der Waals surface area contributed by atoms with E-state index in [4.69, 9.17) is 0 Å². The van der Waals surface area contributed by atoms with Crippen molar-refractivity contribution in [3.63, 3.8) is 0 Å². The van der Waals surface area contributed by atoms with Crippen molar-refractivity contribution >= 4 is 10.0 Å². The van der Waals surface area contributed by atoms with Crippen molar-refractivity contribution in [2.24, 2.45) is 5.92 Å². The first-order chi connectivity index (χ1) is 9.30. The highest BCUT2D eigenvalue weighted by atomic mass is 32.2. The molecule has 0 bridgehead atoms. The Morgan fingerprint density at radius 3 is 2.35 bits per heavy atom. The SMILES string of the molecule is Cc1cc(C)n(CC2CCN(S(=O)(=O)C(C)C)CC2)n1. The summed E-state index contributed by atoms with van der Waals surface area (Å²) in [6, 6.07) is 2.08. The third-order valence-corrected chi connectivity index (χ3v) is 6.34. The molecule has 2 rings (SSSR count). The van der Waals surface area contributed by atoms with Crippen LogP contribution in [0.15, 0.2) is 6.07 Å². The van der Waals surface area contributed by atoms with Gasteiger partial charge in [0, 0.05) is 25.3 Å². The van der Waals surface area contributed by atoms with Gasteiger partial charge in [0.05, 0.1) is 10.9 Å². The molecular formula is C14H25N3O2S. The van der Waals surface area contributed by atoms with Gasteiger partial charge in [0.25, 0.3) is 0 Å². The van der Waals surface area contributed by atoms with E-state index >= 15 is 0 Å². The zero-order valence-corrected chi connectivity index (χ0v) is 13.7. The largest absolute Gasteiger partial charge is 0.269 e. The zero-order valence-electron chi connectivity index (χ0n) is 12.8. The molecule has 0 N–H and O–H groups in total. The van der Waals surface area contributed by atoms with Crippen LogP contribution >= 0.6 is 0 Å². The summed E-state index contributed by atoms with van der Waals surface area (Å²) in [4.78, 5) is 0. The molecule has 0 aliphatic carbocycles. The van der Waals surface area contributed by atoms with Gasteiger partial charge in [0.1, 0.15) is 0 Å². The average molecular weight is 299 g/mol. The summed E-state index contributed by atoms with van der Waals surface area (Å²) >= 11 is 0. The van der Waals surface area contributed by atoms with Crippen molar-refractivity contribution < 1.29 is 8.42 Å². The molecule has 1 saturated heterocycles. The molecule has 0 spiro atoms. The van der Waals surface area contributed by atoms with Gasteiger partial charge in [-0.05, 0) is 52.5 Å². The van der Waals surface area contributed by atoms with Gasteiger partial charge >= 0.3 is 0 Å². The molecule has 0 saturated carbocycles. The predicted molar refractivity (Wildman–Crippen MR) is 80.1 cm³/mol. The molecule has 1 aliphatic heterocycles. The van der Waals surface area contributed by atoms with Crippen LogP contribution in [0.25, 0.3) is 0 Å². The number of hydrogen-bond acceptors (Lipinski definition) is 3. The molecule has 0 amide bonds. The molecule has 20 heavy (non-hydrogen) atoms. The van der Waals surface area contributed by atoms with Gasteiger partial charge in [-0.3, -0.25) is 4.68 Å². The second kappa shape index (κ2) is 5.85. The van der Waals surface area contributed by atoms with E-state index in [1.807, 2.05) is 11.6 Å². The Kier molecular flexibility index (Phi) is 4.54. The van der Waals surface area contributed by atoms with Gasteiger partial charge < -0.3 is 0 Å². The first-order valence-corrected chi connectivity index (χ1v) is 8.81. The molecule has 5 nitrogen and oxygen atoms in total. The molecule has 1 aromatic rings. The fourth-order valence-corrected chi connectivity index (χ4v) is 4.06. The highest BCUT2D eigenvalue weighted by Gasteiger charge is 2.30. The molecule has 1 aromatic heterocycles. The summed E-state index contributed by atoms with van der Waals surface area (Å²) in [5.41, 5.74) is 2.22. The Morgan fingerprint density at radius 1 is 1.30 bits per heavy atom. The number of aryl methyl sites for hydroxylation is 2. The summed E-state index contributed by atoms with van der Waals surface area (Å²) in [6.45, 7) is 9.75. The maximum absolute atomic E-state index is 12.1. The van der Waals surface area contributed by atoms with Crippen LogP contribution in [0, 0.1) is 19.8 Å². The molecule has 0 atom stereocenters. The third-order valence-electron chi connectivity index (χ3n) is 4.06. The monoisotopic (exact) mass is 299 g/mol. The Bertz CT molecular complexity index is 555. The Morgan fingerprint density at radius 2 is 1.90 bits per heavy atom. The minimum absolute atomic E-state index is 0.324. The van der Waals surface area contributed by atoms with Crippen LogP contribution in [-0.4, -0.2) is 40.8 Å². The molecule has 2 heterocycles. The van der Waals surface area contributed by atoms with E-state index in [1.54, 1.807) is 18.2 Å². The van der Waals surface area contributed by atoms with E-state index in [1.165, 1.54) is 5.69 Å². The summed E-state index contributed by atoms with van der Waals surface area (Å²) in [5, 5.41) is 4.16. The second-order valence-corrected chi connectivity index (χ2v) is 8.53. The van der Waals surface area contributed by atoms with Gasteiger partial charge in [0.15, 0.2) is 0 Å². The van der Waals surface area contributed by atoms with Gasteiger partial charge in [-0.25, -0.2) is 12.7 Å². The summed E-state index contributed by atoms with van der Waals surface area (Å²) in [5.74, 6) is 0.520. The Labute approximate surface area is 122 Å². The topological polar surface area (TPSA) is 55.2 Å². The summed E-state index contributed by atoms with van der Waals surface area (Å²) in [6.07, 6.45) is 1.84. The molecule has 1 aliphatic rings. The Hall–Kier alpha value is -0.880. The maximum Gasteiger partial charge on any atom is 0.216 e. The number of nitrogens with zero attached hydrogens (tertiary/aromatic N) is 3. The first-order valence-electron chi connectivity index (χ1n) is 7.30. The highest BCUT2D eigenvalue weighted by molar-refractivity contribution is 7.89. The van der Waals surface area contributed by atoms with Gasteiger partial charge in [-0.2, -0.15) is 5.10 Å². The first kappa shape index (κ1) is 15.5. The van der Waals surface area contributed by atoms with Crippen molar-refractivity contribution in [1.29, 1.82) is 0 Å². The van der Waals surface area contributed by atoms with E-state index in [0.717, 1.165) is 25.1 Å². The standard InChI is InChI=1S/C14H25N3O2S/c1-11(2)20(18,19)16-7-5-14(6-8-16)10-17-13(4)9-12(3)15-17/h9,11,14H,5-8,10H2,1-4H3. The van der Waals surface area contributed by atoms with Crippen LogP contribution in [0.5, 0.6) is 0 Å². The smallest absolute Gasteiger partial charge is 0.216 e. The van der Waals surface area contributed by atoms with Crippen molar-refractivity contribution in [1.82, 2.24) is 14.1 Å². The minimum Gasteiger partial charge on any atom is -0.269 e. The third kappa shape index (κ3) is 3.23. The van der Waals surface area contributed by atoms with Crippen LogP contribution in [0.3, 0.4) is 0 Å². The lowest BCUT2D eigenvalue weighted by atomic mass is 9.98. The van der Waals surface area contributed by atoms with Gasteiger partial charge in [0.2, 0.25) is 10.0 Å². The lowest BCUT2D eigenvalue weighted by Crippen LogP contribution is -2.42. The normalized spacial score (nSPS) is 18.9. The molecule has 0 aromatic carbocycles. The number of piperidine rings is 1. The average Bonchev–Trinajstić information content (AvgIpc) is 2.68. The quantitative estimate of drug-likeness (QED) is 0.854. The fraction of sp³-hybridized carbons (Fsp3) is 0.786. The van der Waals surface area contributed by atoms with Crippen molar-refractivity contribution in [2.75, 3.05) is 13.1 Å². The summed E-state index contributed by atoms with van der Waals surface area (Å²) < 4.78 is 27.9. The second-order valence-electron chi connectivity index (χ2n) is 6.05. The molecule has 0 radical (unpaired) electrons. The minimum atomic E-state index is -3.09. The van der Waals surface area contributed by atoms with E-state index in [-0.39, 0.29) is 5.25 Å². The molecule has 6 heteroatoms. The van der Waals surface area contributed by atoms with Crippen LogP contribution in [-0.2, 0) is 16.6 Å². The zero-order chi connectivity index (χ0) is 14.9. The highest BCUT2D eigenvalue weighted by Crippen LogP contribution is 2.23. The van der Waals surface area contributed by atoms with E-state index in [2.05, 4.69) is 18.1 Å². The molecule has 114 valence electrons. The number of rotatable bonds is 4. The van der Waals surface area contributed by atoms with Gasteiger partial charge in [-0.1, -0.05) is 0 Å². The van der Waals surface area contributed by atoms with Crippen molar-refractivity contribution in [2.45, 2.75) is 52.3 Å². The number of aromatic nitrogens is 2. The van der Waals surface area contributed by atoms with E-state index < -0.39 is 10.0 Å². The summed E-state index contributed by atoms with van der Waals surface area (Å²) in [7, 11) is -3.09. The molecule has 1 fully saturated rings. The van der Waals surface area contributed by atoms with Crippen LogP contribution in [0.2, 0.25) is 0 Å². The predicted octanol–water partition coefficient (Wildman–Crippen LogP) is 1.95. The van der Waals surface area contributed by atoms with Gasteiger partial charge in [-0.15, -0.1) is 0 Å². The lowest BCUT2D eigenvalue weighted by molar-refractivity contribution is 0.245. The van der Waals surface area contributed by atoms with Crippen molar-refractivity contribution in [3.8, 4) is 0 Å². The van der Waals surface area contributed by atoms with Crippen LogP contribution < -0.4 is 0 Å². The molecular weight excluding hydrogens is 274 g/mol. The fourth-order valence-electron chi connectivity index (χ4n) is 2.75.